The van der Waals surface area contributed by atoms with Crippen molar-refractivity contribution in [2.45, 2.75) is 75.8 Å². The van der Waals surface area contributed by atoms with Gasteiger partial charge in [-0.2, -0.15) is 0 Å². The van der Waals surface area contributed by atoms with E-state index in [9.17, 15) is 4.79 Å². The van der Waals surface area contributed by atoms with E-state index in [4.69, 9.17) is 5.11 Å². The summed E-state index contributed by atoms with van der Waals surface area (Å²) in [6.45, 7) is 4.83. The summed E-state index contributed by atoms with van der Waals surface area (Å²) in [5.74, 6) is -0.198. The molecule has 0 aliphatic heterocycles. The Morgan fingerprint density at radius 2 is 1.74 bits per heavy atom. The summed E-state index contributed by atoms with van der Waals surface area (Å²) in [6, 6.07) is 14.5. The molecule has 3 aliphatic rings. The van der Waals surface area contributed by atoms with E-state index in [0.717, 1.165) is 17.5 Å². The minimum Gasteiger partial charge on any atom is -0.478 e. The molecule has 1 atom stereocenters. The quantitative estimate of drug-likeness (QED) is 0.545. The third-order valence-electron chi connectivity index (χ3n) is 7.61. The Kier molecular flexibility index (Phi) is 5.05. The molecule has 31 heavy (non-hydrogen) atoms. The predicted molar refractivity (Wildman–Crippen MR) is 126 cm³/mol. The molecule has 2 aromatic rings. The Hall–Kier alpha value is -2.39. The van der Waals surface area contributed by atoms with Gasteiger partial charge in [-0.05, 0) is 96.4 Å². The molecule has 3 heteroatoms. The Morgan fingerprint density at radius 1 is 1.03 bits per heavy atom. The number of carboxylic acids is 1. The van der Waals surface area contributed by atoms with Crippen molar-refractivity contribution >= 4 is 12.0 Å². The van der Waals surface area contributed by atoms with Gasteiger partial charge >= 0.3 is 5.97 Å². The molecule has 1 N–H and O–H groups in total. The van der Waals surface area contributed by atoms with Crippen LogP contribution in [0.25, 0.3) is 17.2 Å². The third kappa shape index (κ3) is 4.08. The zero-order valence-electron chi connectivity index (χ0n) is 18.9. The molecular formula is C28H33NO2. The summed E-state index contributed by atoms with van der Waals surface area (Å²) in [5, 5.41) is 8.87. The van der Waals surface area contributed by atoms with Crippen molar-refractivity contribution in [1.29, 1.82) is 0 Å². The van der Waals surface area contributed by atoms with Crippen LogP contribution in [0.4, 0.5) is 0 Å². The first kappa shape index (κ1) is 20.5. The lowest BCUT2D eigenvalue weighted by atomic mass is 9.68. The number of benzene rings is 2. The highest BCUT2D eigenvalue weighted by atomic mass is 16.4. The maximum absolute atomic E-state index is 10.8. The van der Waals surface area contributed by atoms with Gasteiger partial charge in [-0.1, -0.05) is 50.2 Å². The van der Waals surface area contributed by atoms with Crippen molar-refractivity contribution in [3.05, 3.63) is 64.7 Å². The van der Waals surface area contributed by atoms with Gasteiger partial charge in [0, 0.05) is 18.2 Å². The summed E-state index contributed by atoms with van der Waals surface area (Å²) < 4.78 is 0. The number of aliphatic carboxylic acids is 1. The minimum absolute atomic E-state index is 0.194. The molecule has 2 aromatic carbocycles. The van der Waals surface area contributed by atoms with Crippen molar-refractivity contribution in [3.8, 4) is 11.1 Å². The molecule has 3 nitrogen and oxygen atoms in total. The Bertz CT molecular complexity index is 1030. The molecular weight excluding hydrogens is 382 g/mol. The normalized spacial score (nSPS) is 22.6. The molecule has 0 bridgehead atoms. The minimum atomic E-state index is -0.916. The lowest BCUT2D eigenvalue weighted by Crippen LogP contribution is -2.36. The van der Waals surface area contributed by atoms with E-state index >= 15 is 0 Å². The van der Waals surface area contributed by atoms with Crippen LogP contribution in [0, 0.1) is 0 Å². The number of hydrogen-bond donors (Lipinski definition) is 1. The standard InChI is InChI=1S/C28H33NO2/c1-28(2)15-14-25(29(3)22-11-12-22)27-23(20-9-10-20)16-21(17-24(27)28)19-7-4-18(5-8-19)6-13-26(30)31/h4-8,13,16-17,20,22,25H,9-12,14-15H2,1-3H3,(H,30,31)/b13-6+. The SMILES string of the molecule is CN(C1CC1)C1CCC(C)(C)c2cc(-c3ccc(/C=C/C(=O)O)cc3)cc(C3CC3)c21. The smallest absolute Gasteiger partial charge is 0.328 e. The summed E-state index contributed by atoms with van der Waals surface area (Å²) in [7, 11) is 2.35. The average Bonchev–Trinajstić information content (AvgIpc) is 3.64. The van der Waals surface area contributed by atoms with Crippen LogP contribution in [0.3, 0.4) is 0 Å². The maximum Gasteiger partial charge on any atom is 0.328 e. The zero-order valence-corrected chi connectivity index (χ0v) is 18.9. The van der Waals surface area contributed by atoms with Gasteiger partial charge in [-0.3, -0.25) is 4.90 Å². The number of carbonyl (C=O) groups is 1. The van der Waals surface area contributed by atoms with Crippen molar-refractivity contribution in [2.75, 3.05) is 7.05 Å². The molecule has 0 saturated heterocycles. The Morgan fingerprint density at radius 3 is 2.35 bits per heavy atom. The molecule has 5 rings (SSSR count). The van der Waals surface area contributed by atoms with Gasteiger partial charge < -0.3 is 5.11 Å². The highest BCUT2D eigenvalue weighted by Crippen LogP contribution is 2.53. The van der Waals surface area contributed by atoms with Crippen molar-refractivity contribution in [1.82, 2.24) is 4.90 Å². The van der Waals surface area contributed by atoms with Crippen LogP contribution < -0.4 is 0 Å². The van der Waals surface area contributed by atoms with Crippen LogP contribution in [-0.2, 0) is 10.2 Å². The van der Waals surface area contributed by atoms with Crippen LogP contribution >= 0.6 is 0 Å². The second-order valence-electron chi connectivity index (χ2n) is 10.4. The molecule has 0 radical (unpaired) electrons. The topological polar surface area (TPSA) is 40.5 Å². The summed E-state index contributed by atoms with van der Waals surface area (Å²) in [4.78, 5) is 13.5. The van der Waals surface area contributed by atoms with Gasteiger partial charge in [0.25, 0.3) is 0 Å². The molecule has 0 aromatic heterocycles. The molecule has 2 fully saturated rings. The van der Waals surface area contributed by atoms with E-state index in [0.29, 0.717) is 6.04 Å². The van der Waals surface area contributed by atoms with E-state index in [1.807, 2.05) is 12.1 Å². The van der Waals surface area contributed by atoms with E-state index in [2.05, 4.69) is 50.1 Å². The number of hydrogen-bond acceptors (Lipinski definition) is 2. The number of nitrogens with zero attached hydrogens (tertiary/aromatic N) is 1. The van der Waals surface area contributed by atoms with Crippen molar-refractivity contribution in [2.24, 2.45) is 0 Å². The van der Waals surface area contributed by atoms with E-state index in [-0.39, 0.29) is 5.41 Å². The van der Waals surface area contributed by atoms with Gasteiger partial charge in [-0.15, -0.1) is 0 Å². The number of fused-ring (bicyclic) bond motifs is 1. The van der Waals surface area contributed by atoms with Crippen LogP contribution in [0.2, 0.25) is 0 Å². The van der Waals surface area contributed by atoms with Gasteiger partial charge in [-0.25, -0.2) is 4.79 Å². The van der Waals surface area contributed by atoms with Gasteiger partial charge in [0.1, 0.15) is 0 Å². The van der Waals surface area contributed by atoms with E-state index < -0.39 is 5.97 Å². The average molecular weight is 416 g/mol. The lowest BCUT2D eigenvalue weighted by molar-refractivity contribution is -0.131. The van der Waals surface area contributed by atoms with Gasteiger partial charge in [0.2, 0.25) is 0 Å². The van der Waals surface area contributed by atoms with Crippen molar-refractivity contribution < 1.29 is 9.90 Å². The first-order valence-corrected chi connectivity index (χ1v) is 11.8. The van der Waals surface area contributed by atoms with E-state index in [1.165, 1.54) is 55.7 Å². The molecule has 0 amide bonds. The van der Waals surface area contributed by atoms with E-state index in [1.54, 1.807) is 22.8 Å². The zero-order chi connectivity index (χ0) is 21.8. The molecule has 0 spiro atoms. The monoisotopic (exact) mass is 415 g/mol. The molecule has 0 heterocycles. The Balaban J connectivity index is 1.58. The Labute approximate surface area is 185 Å². The molecule has 1 unspecified atom stereocenters. The fourth-order valence-electron chi connectivity index (χ4n) is 5.38. The summed E-state index contributed by atoms with van der Waals surface area (Å²) >= 11 is 0. The maximum atomic E-state index is 10.8. The van der Waals surface area contributed by atoms with Crippen LogP contribution in [-0.4, -0.2) is 29.1 Å². The largest absolute Gasteiger partial charge is 0.478 e. The van der Waals surface area contributed by atoms with Gasteiger partial charge in [0.05, 0.1) is 0 Å². The highest BCUT2D eigenvalue weighted by molar-refractivity contribution is 5.85. The fraction of sp³-hybridized carbons (Fsp3) is 0.464. The lowest BCUT2D eigenvalue weighted by Gasteiger charge is -2.42. The van der Waals surface area contributed by atoms with Gasteiger partial charge in [0.15, 0.2) is 0 Å². The number of carboxylic acid groups (broad SMARTS) is 1. The molecule has 2 saturated carbocycles. The fourth-order valence-corrected chi connectivity index (χ4v) is 5.38. The molecule has 3 aliphatic carbocycles. The third-order valence-corrected chi connectivity index (χ3v) is 7.61. The second kappa shape index (κ2) is 7.63. The van der Waals surface area contributed by atoms with Crippen LogP contribution in [0.1, 0.15) is 86.6 Å². The van der Waals surface area contributed by atoms with Crippen LogP contribution in [0.15, 0.2) is 42.5 Å². The number of rotatable bonds is 6. The molecule has 162 valence electrons. The first-order valence-electron chi connectivity index (χ1n) is 11.8. The second-order valence-corrected chi connectivity index (χ2v) is 10.4. The predicted octanol–water partition coefficient (Wildman–Crippen LogP) is 6.54. The summed E-state index contributed by atoms with van der Waals surface area (Å²) in [6.07, 6.45) is 10.7. The van der Waals surface area contributed by atoms with Crippen LogP contribution in [0.5, 0.6) is 0 Å². The summed E-state index contributed by atoms with van der Waals surface area (Å²) in [5.41, 5.74) is 8.40. The first-order chi connectivity index (χ1) is 14.8. The van der Waals surface area contributed by atoms with Crippen molar-refractivity contribution in [3.63, 3.8) is 0 Å². The highest BCUT2D eigenvalue weighted by Gasteiger charge is 2.42.